The van der Waals surface area contributed by atoms with Gasteiger partial charge in [0.2, 0.25) is 0 Å². The monoisotopic (exact) mass is 298 g/mol. The Kier molecular flexibility index (Phi) is 7.76. The maximum atomic E-state index is 11.8. The number of cyclic esters (lactones) is 2. The van der Waals surface area contributed by atoms with Gasteiger partial charge in [0.05, 0.1) is 0 Å². The van der Waals surface area contributed by atoms with Crippen molar-refractivity contribution in [2.24, 2.45) is 5.92 Å². The lowest BCUT2D eigenvalue weighted by Crippen LogP contribution is -2.50. The highest BCUT2D eigenvalue weighted by Crippen LogP contribution is 2.39. The molecule has 0 amide bonds. The number of carbonyl (C=O) groups is 2. The van der Waals surface area contributed by atoms with Gasteiger partial charge < -0.3 is 9.47 Å². The van der Waals surface area contributed by atoms with Crippen LogP contribution < -0.4 is 0 Å². The standard InChI is InChI=1S/C17H30O4/c1-4-7-10-14(11-8-5-2)17(12-9-6-3)20-15(18)13-16(19)21-17/h14H,4-13H2,1-3H3. The number of hydrogen-bond donors (Lipinski definition) is 0. The molecule has 0 aromatic heterocycles. The van der Waals surface area contributed by atoms with Gasteiger partial charge in [0.25, 0.3) is 5.79 Å². The van der Waals surface area contributed by atoms with Crippen molar-refractivity contribution in [1.29, 1.82) is 0 Å². The summed E-state index contributed by atoms with van der Waals surface area (Å²) in [6, 6.07) is 0. The van der Waals surface area contributed by atoms with Crippen LogP contribution in [0.2, 0.25) is 0 Å². The van der Waals surface area contributed by atoms with Gasteiger partial charge in [-0.05, 0) is 19.3 Å². The Bertz CT molecular complexity index is 314. The Morgan fingerprint density at radius 2 is 1.38 bits per heavy atom. The van der Waals surface area contributed by atoms with Gasteiger partial charge in [0.1, 0.15) is 6.42 Å². The molecule has 4 nitrogen and oxygen atoms in total. The van der Waals surface area contributed by atoms with Crippen molar-refractivity contribution in [3.63, 3.8) is 0 Å². The molecule has 1 fully saturated rings. The first-order chi connectivity index (χ1) is 10.1. The van der Waals surface area contributed by atoms with E-state index >= 15 is 0 Å². The van der Waals surface area contributed by atoms with Crippen LogP contribution >= 0.6 is 0 Å². The van der Waals surface area contributed by atoms with Gasteiger partial charge >= 0.3 is 11.9 Å². The molecule has 0 atom stereocenters. The maximum absolute atomic E-state index is 11.8. The minimum Gasteiger partial charge on any atom is -0.422 e. The van der Waals surface area contributed by atoms with Crippen LogP contribution in [0.15, 0.2) is 0 Å². The molecule has 0 aromatic rings. The summed E-state index contributed by atoms with van der Waals surface area (Å²) in [6.07, 6.45) is 8.47. The van der Waals surface area contributed by atoms with Crippen LogP contribution in [0.4, 0.5) is 0 Å². The first-order valence-electron chi connectivity index (χ1n) is 8.51. The molecule has 0 saturated carbocycles. The second-order valence-corrected chi connectivity index (χ2v) is 6.02. The summed E-state index contributed by atoms with van der Waals surface area (Å²) in [5, 5.41) is 0. The molecule has 1 rings (SSSR count). The molecule has 0 spiro atoms. The van der Waals surface area contributed by atoms with Crippen LogP contribution in [0.25, 0.3) is 0 Å². The molecule has 1 saturated heterocycles. The van der Waals surface area contributed by atoms with E-state index in [9.17, 15) is 9.59 Å². The highest BCUT2D eigenvalue weighted by molar-refractivity contribution is 5.93. The van der Waals surface area contributed by atoms with Crippen molar-refractivity contribution in [3.05, 3.63) is 0 Å². The van der Waals surface area contributed by atoms with E-state index in [1.165, 1.54) is 0 Å². The topological polar surface area (TPSA) is 52.6 Å². The minimum absolute atomic E-state index is 0.122. The third-order valence-corrected chi connectivity index (χ3v) is 4.17. The third-order valence-electron chi connectivity index (χ3n) is 4.17. The quantitative estimate of drug-likeness (QED) is 0.444. The molecular weight excluding hydrogens is 268 g/mol. The molecular formula is C17H30O4. The normalized spacial score (nSPS) is 17.7. The summed E-state index contributed by atoms with van der Waals surface area (Å²) in [5.74, 6) is -1.75. The van der Waals surface area contributed by atoms with Crippen molar-refractivity contribution in [1.82, 2.24) is 0 Å². The molecule has 1 aliphatic rings. The molecule has 21 heavy (non-hydrogen) atoms. The van der Waals surface area contributed by atoms with E-state index < -0.39 is 17.7 Å². The Morgan fingerprint density at radius 3 is 1.81 bits per heavy atom. The van der Waals surface area contributed by atoms with E-state index in [4.69, 9.17) is 9.47 Å². The van der Waals surface area contributed by atoms with E-state index in [0.717, 1.165) is 51.4 Å². The molecule has 0 radical (unpaired) electrons. The number of carbonyl (C=O) groups excluding carboxylic acids is 2. The number of esters is 2. The van der Waals surface area contributed by atoms with Gasteiger partial charge in [-0.25, -0.2) is 0 Å². The third kappa shape index (κ3) is 5.33. The Balaban J connectivity index is 2.92. The average molecular weight is 298 g/mol. The Labute approximate surface area is 128 Å². The van der Waals surface area contributed by atoms with E-state index in [-0.39, 0.29) is 12.3 Å². The Hall–Kier alpha value is -1.06. The highest BCUT2D eigenvalue weighted by atomic mass is 16.7. The van der Waals surface area contributed by atoms with Crippen molar-refractivity contribution < 1.29 is 19.1 Å². The first-order valence-corrected chi connectivity index (χ1v) is 8.51. The maximum Gasteiger partial charge on any atom is 0.320 e. The van der Waals surface area contributed by atoms with Gasteiger partial charge in [-0.2, -0.15) is 0 Å². The average Bonchev–Trinajstić information content (AvgIpc) is 2.44. The van der Waals surface area contributed by atoms with Crippen molar-refractivity contribution in [2.75, 3.05) is 0 Å². The molecule has 0 aromatic carbocycles. The van der Waals surface area contributed by atoms with Gasteiger partial charge in [-0.3, -0.25) is 9.59 Å². The highest BCUT2D eigenvalue weighted by Gasteiger charge is 2.48. The van der Waals surface area contributed by atoms with Crippen molar-refractivity contribution in [2.45, 2.75) is 90.8 Å². The van der Waals surface area contributed by atoms with E-state index in [1.54, 1.807) is 0 Å². The molecule has 4 heteroatoms. The summed E-state index contributed by atoms with van der Waals surface area (Å²) in [7, 11) is 0. The fourth-order valence-corrected chi connectivity index (χ4v) is 2.98. The van der Waals surface area contributed by atoms with Crippen molar-refractivity contribution in [3.8, 4) is 0 Å². The Morgan fingerprint density at radius 1 is 0.905 bits per heavy atom. The molecule has 0 bridgehead atoms. The van der Waals surface area contributed by atoms with E-state index in [0.29, 0.717) is 6.42 Å². The van der Waals surface area contributed by atoms with Crippen LogP contribution in [0.5, 0.6) is 0 Å². The molecule has 0 aliphatic carbocycles. The fraction of sp³-hybridized carbons (Fsp3) is 0.882. The van der Waals surface area contributed by atoms with Crippen LogP contribution in [0.3, 0.4) is 0 Å². The lowest BCUT2D eigenvalue weighted by Gasteiger charge is -2.41. The number of unbranched alkanes of at least 4 members (excludes halogenated alkanes) is 3. The molecule has 1 aliphatic heterocycles. The number of hydrogen-bond acceptors (Lipinski definition) is 4. The predicted molar refractivity (Wildman–Crippen MR) is 81.6 cm³/mol. The summed E-state index contributed by atoms with van der Waals surface area (Å²) in [4.78, 5) is 23.6. The van der Waals surface area contributed by atoms with Crippen LogP contribution in [-0.2, 0) is 19.1 Å². The predicted octanol–water partition coefficient (Wildman–Crippen LogP) is 4.36. The lowest BCUT2D eigenvalue weighted by molar-refractivity contribution is -0.267. The number of ether oxygens (including phenoxy) is 2. The van der Waals surface area contributed by atoms with Gasteiger partial charge in [-0.1, -0.05) is 52.9 Å². The smallest absolute Gasteiger partial charge is 0.320 e. The van der Waals surface area contributed by atoms with Crippen LogP contribution in [0, 0.1) is 5.92 Å². The van der Waals surface area contributed by atoms with Gasteiger partial charge in [-0.15, -0.1) is 0 Å². The van der Waals surface area contributed by atoms with Gasteiger partial charge in [0.15, 0.2) is 0 Å². The van der Waals surface area contributed by atoms with Crippen LogP contribution in [0.1, 0.15) is 85.0 Å². The van der Waals surface area contributed by atoms with E-state index in [1.807, 2.05) is 0 Å². The largest absolute Gasteiger partial charge is 0.422 e. The second kappa shape index (κ2) is 9.06. The molecule has 1 heterocycles. The number of rotatable bonds is 10. The summed E-state index contributed by atoms with van der Waals surface area (Å²) in [5.41, 5.74) is 0. The summed E-state index contributed by atoms with van der Waals surface area (Å²) >= 11 is 0. The second-order valence-electron chi connectivity index (χ2n) is 6.02. The zero-order chi connectivity index (χ0) is 15.7. The first kappa shape index (κ1) is 18.0. The van der Waals surface area contributed by atoms with Gasteiger partial charge in [0, 0.05) is 12.3 Å². The SMILES string of the molecule is CCCCC(CCCC)C1(CCCC)OC(=O)CC(=O)O1. The fourth-order valence-electron chi connectivity index (χ4n) is 2.98. The van der Waals surface area contributed by atoms with Crippen molar-refractivity contribution >= 4 is 11.9 Å². The zero-order valence-electron chi connectivity index (χ0n) is 13.8. The van der Waals surface area contributed by atoms with E-state index in [2.05, 4.69) is 20.8 Å². The molecule has 0 unspecified atom stereocenters. The molecule has 122 valence electrons. The van der Waals surface area contributed by atoms with Crippen LogP contribution in [-0.4, -0.2) is 17.7 Å². The summed E-state index contributed by atoms with van der Waals surface area (Å²) < 4.78 is 11.2. The lowest BCUT2D eigenvalue weighted by atomic mass is 9.84. The molecule has 0 N–H and O–H groups in total. The minimum atomic E-state index is -1.01. The summed E-state index contributed by atoms with van der Waals surface area (Å²) in [6.45, 7) is 6.39. The zero-order valence-corrected chi connectivity index (χ0v) is 13.8.